The summed E-state index contributed by atoms with van der Waals surface area (Å²) in [5.41, 5.74) is 5.30. The van der Waals surface area contributed by atoms with Crippen LogP contribution in [0.4, 0.5) is 4.39 Å². The number of nitrogens with one attached hydrogen (secondary N) is 1. The number of pyridine rings is 1. The minimum Gasteiger partial charge on any atom is -0.350 e. The first-order chi connectivity index (χ1) is 14.2. The van der Waals surface area contributed by atoms with Crippen molar-refractivity contribution in [3.05, 3.63) is 78.4 Å². The van der Waals surface area contributed by atoms with Crippen LogP contribution < -0.4 is 5.48 Å². The van der Waals surface area contributed by atoms with E-state index >= 15 is 0 Å². The molecule has 0 aliphatic carbocycles. The molecule has 1 aliphatic rings. The number of amides is 1. The maximum Gasteiger partial charge on any atom is 0.276 e. The Balaban J connectivity index is 1.50. The van der Waals surface area contributed by atoms with Crippen molar-refractivity contribution in [3.63, 3.8) is 0 Å². The average molecular weight is 392 g/mol. The van der Waals surface area contributed by atoms with Crippen LogP contribution in [-0.4, -0.2) is 23.8 Å². The lowest BCUT2D eigenvalue weighted by molar-refractivity contribution is -0.186. The molecular formula is C23H21FN2O3. The number of carbonyl (C=O) groups is 1. The maximum absolute atomic E-state index is 14.8. The van der Waals surface area contributed by atoms with Crippen LogP contribution in [0.1, 0.15) is 29.6 Å². The number of benzene rings is 2. The van der Waals surface area contributed by atoms with Gasteiger partial charge in [-0.25, -0.2) is 14.7 Å². The smallest absolute Gasteiger partial charge is 0.276 e. The number of nitrogens with zero attached hydrogens (tertiary/aromatic N) is 1. The zero-order valence-corrected chi connectivity index (χ0v) is 15.8. The lowest BCUT2D eigenvalue weighted by atomic mass is 10.00. The lowest BCUT2D eigenvalue weighted by Crippen LogP contribution is -2.33. The summed E-state index contributed by atoms with van der Waals surface area (Å²) in [6.45, 7) is 0.621. The van der Waals surface area contributed by atoms with Gasteiger partial charge in [-0.05, 0) is 36.1 Å². The number of rotatable bonds is 5. The van der Waals surface area contributed by atoms with Crippen molar-refractivity contribution in [2.75, 3.05) is 6.61 Å². The van der Waals surface area contributed by atoms with Crippen LogP contribution in [0, 0.1) is 5.82 Å². The van der Waals surface area contributed by atoms with Crippen molar-refractivity contribution in [1.82, 2.24) is 10.5 Å². The molecule has 2 aromatic carbocycles. The maximum atomic E-state index is 14.8. The fourth-order valence-corrected chi connectivity index (χ4v) is 3.25. The molecule has 1 atom stereocenters. The summed E-state index contributed by atoms with van der Waals surface area (Å²) >= 11 is 0. The van der Waals surface area contributed by atoms with E-state index in [1.165, 1.54) is 18.5 Å². The molecule has 6 heteroatoms. The third kappa shape index (κ3) is 4.67. The van der Waals surface area contributed by atoms with Gasteiger partial charge in [-0.1, -0.05) is 42.5 Å². The van der Waals surface area contributed by atoms with E-state index in [0.29, 0.717) is 17.7 Å². The van der Waals surface area contributed by atoms with E-state index in [4.69, 9.17) is 9.57 Å². The molecule has 3 aromatic rings. The van der Waals surface area contributed by atoms with Gasteiger partial charge in [0.25, 0.3) is 5.91 Å². The molecule has 2 heterocycles. The molecular weight excluding hydrogens is 371 g/mol. The number of hydroxylamine groups is 1. The molecule has 0 spiro atoms. The molecule has 4 rings (SSSR count). The second kappa shape index (κ2) is 8.94. The minimum atomic E-state index is -0.449. The molecule has 1 fully saturated rings. The van der Waals surface area contributed by atoms with Crippen molar-refractivity contribution >= 4 is 5.91 Å². The minimum absolute atomic E-state index is 0.282. The van der Waals surface area contributed by atoms with E-state index in [-0.39, 0.29) is 11.4 Å². The van der Waals surface area contributed by atoms with E-state index in [9.17, 15) is 9.18 Å². The zero-order valence-electron chi connectivity index (χ0n) is 15.8. The summed E-state index contributed by atoms with van der Waals surface area (Å²) in [6.07, 6.45) is 5.23. The van der Waals surface area contributed by atoms with Gasteiger partial charge in [0.2, 0.25) is 0 Å². The Kier molecular flexibility index (Phi) is 5.93. The normalized spacial score (nSPS) is 16.4. The summed E-state index contributed by atoms with van der Waals surface area (Å²) < 4.78 is 20.2. The fourth-order valence-electron chi connectivity index (χ4n) is 3.25. The van der Waals surface area contributed by atoms with Crippen molar-refractivity contribution < 1.29 is 18.8 Å². The monoisotopic (exact) mass is 392 g/mol. The number of hydrogen-bond acceptors (Lipinski definition) is 4. The van der Waals surface area contributed by atoms with Crippen LogP contribution in [0.5, 0.6) is 0 Å². The number of hydrogen-bond donors (Lipinski definition) is 1. The van der Waals surface area contributed by atoms with Gasteiger partial charge < -0.3 is 4.74 Å². The van der Waals surface area contributed by atoms with E-state index in [0.717, 1.165) is 30.4 Å². The van der Waals surface area contributed by atoms with Gasteiger partial charge in [0.05, 0.1) is 5.56 Å². The molecule has 1 aromatic heterocycles. The Hall–Kier alpha value is -3.09. The fraction of sp³-hybridized carbons (Fsp3) is 0.217. The number of ether oxygens (including phenoxy) is 1. The van der Waals surface area contributed by atoms with Crippen molar-refractivity contribution in [2.45, 2.75) is 25.6 Å². The Morgan fingerprint density at radius 3 is 2.66 bits per heavy atom. The standard InChI is InChI=1S/C23H21FN2O3/c24-21-13-17(16-6-2-1-3-7-16)9-10-20(21)18-12-19(15-25-14-18)23(27)26-29-22-8-4-5-11-28-22/h1-3,6-7,9-10,12-15,22H,4-5,8,11H2,(H,26,27). The molecule has 0 bridgehead atoms. The molecule has 1 N–H and O–H groups in total. The van der Waals surface area contributed by atoms with Gasteiger partial charge in [-0.2, -0.15) is 0 Å². The molecule has 0 saturated carbocycles. The van der Waals surface area contributed by atoms with Gasteiger partial charge >= 0.3 is 0 Å². The van der Waals surface area contributed by atoms with Crippen LogP contribution in [-0.2, 0) is 9.57 Å². The molecule has 148 valence electrons. The Labute approximate surface area is 168 Å². The van der Waals surface area contributed by atoms with Crippen molar-refractivity contribution in [2.24, 2.45) is 0 Å². The van der Waals surface area contributed by atoms with Crippen molar-refractivity contribution in [3.8, 4) is 22.3 Å². The lowest BCUT2D eigenvalue weighted by Gasteiger charge is -2.22. The van der Waals surface area contributed by atoms with E-state index in [1.807, 2.05) is 36.4 Å². The van der Waals surface area contributed by atoms with E-state index < -0.39 is 12.2 Å². The van der Waals surface area contributed by atoms with Crippen LogP contribution in [0.3, 0.4) is 0 Å². The first-order valence-corrected chi connectivity index (χ1v) is 9.59. The Bertz CT molecular complexity index is 988. The van der Waals surface area contributed by atoms with E-state index in [1.54, 1.807) is 12.1 Å². The first kappa shape index (κ1) is 19.2. The zero-order chi connectivity index (χ0) is 20.1. The third-order valence-corrected chi connectivity index (χ3v) is 4.81. The Morgan fingerprint density at radius 1 is 1.03 bits per heavy atom. The van der Waals surface area contributed by atoms with Crippen molar-refractivity contribution in [1.29, 1.82) is 0 Å². The highest BCUT2D eigenvalue weighted by Gasteiger charge is 2.17. The summed E-state index contributed by atoms with van der Waals surface area (Å²) in [5, 5.41) is 0. The predicted octanol–water partition coefficient (Wildman–Crippen LogP) is 4.74. The topological polar surface area (TPSA) is 60.5 Å². The van der Waals surface area contributed by atoms with Gasteiger partial charge in [-0.3, -0.25) is 9.78 Å². The molecule has 1 aliphatic heterocycles. The molecule has 29 heavy (non-hydrogen) atoms. The van der Waals surface area contributed by atoms with Gasteiger partial charge in [-0.15, -0.1) is 0 Å². The highest BCUT2D eigenvalue weighted by molar-refractivity contribution is 5.94. The predicted molar refractivity (Wildman–Crippen MR) is 107 cm³/mol. The molecule has 1 saturated heterocycles. The number of aromatic nitrogens is 1. The largest absolute Gasteiger partial charge is 0.350 e. The van der Waals surface area contributed by atoms with Crippen LogP contribution in [0.15, 0.2) is 67.0 Å². The second-order valence-electron chi connectivity index (χ2n) is 6.87. The molecule has 5 nitrogen and oxygen atoms in total. The SMILES string of the molecule is O=C(NOC1CCCCO1)c1cncc(-c2ccc(-c3ccccc3)cc2F)c1. The van der Waals surface area contributed by atoms with Crippen LogP contribution >= 0.6 is 0 Å². The number of carbonyl (C=O) groups excluding carboxylic acids is 1. The third-order valence-electron chi connectivity index (χ3n) is 4.81. The van der Waals surface area contributed by atoms with Gasteiger partial charge in [0.1, 0.15) is 5.82 Å². The Morgan fingerprint density at radius 2 is 1.90 bits per heavy atom. The summed E-state index contributed by atoms with van der Waals surface area (Å²) in [4.78, 5) is 21.8. The van der Waals surface area contributed by atoms with E-state index in [2.05, 4.69) is 10.5 Å². The quantitative estimate of drug-likeness (QED) is 0.637. The van der Waals surface area contributed by atoms with Gasteiger partial charge in [0, 0.05) is 36.5 Å². The highest BCUT2D eigenvalue weighted by Crippen LogP contribution is 2.28. The highest BCUT2D eigenvalue weighted by atomic mass is 19.1. The summed E-state index contributed by atoms with van der Waals surface area (Å²) in [5.74, 6) is -0.826. The molecule has 1 amide bonds. The number of halogens is 1. The van der Waals surface area contributed by atoms with Crippen LogP contribution in [0.2, 0.25) is 0 Å². The van der Waals surface area contributed by atoms with Crippen LogP contribution in [0.25, 0.3) is 22.3 Å². The molecule has 0 radical (unpaired) electrons. The molecule has 1 unspecified atom stereocenters. The van der Waals surface area contributed by atoms with Gasteiger partial charge in [0.15, 0.2) is 6.29 Å². The average Bonchev–Trinajstić information content (AvgIpc) is 2.79. The first-order valence-electron chi connectivity index (χ1n) is 9.59. The second-order valence-corrected chi connectivity index (χ2v) is 6.87. The summed E-state index contributed by atoms with van der Waals surface area (Å²) in [7, 11) is 0. The summed E-state index contributed by atoms with van der Waals surface area (Å²) in [6, 6.07) is 16.2.